The van der Waals surface area contributed by atoms with Crippen molar-refractivity contribution in [2.24, 2.45) is 0 Å². The lowest BCUT2D eigenvalue weighted by atomic mass is 10.0. The van der Waals surface area contributed by atoms with Crippen LogP contribution in [0, 0.1) is 0 Å². The fraction of sp³-hybridized carbons (Fsp3) is 0.286. The predicted octanol–water partition coefficient (Wildman–Crippen LogP) is 5.06. The van der Waals surface area contributed by atoms with Crippen LogP contribution in [0.15, 0.2) is 79.1 Å². The molecule has 1 unspecified atom stereocenters. The molecule has 0 aliphatic carbocycles. The van der Waals surface area contributed by atoms with Crippen molar-refractivity contribution in [3.8, 4) is 17.1 Å². The number of aromatic nitrogens is 2. The molecule has 33 heavy (non-hydrogen) atoms. The predicted molar refractivity (Wildman–Crippen MR) is 133 cm³/mol. The summed E-state index contributed by atoms with van der Waals surface area (Å²) in [5, 5.41) is 6.11. The van der Waals surface area contributed by atoms with Crippen LogP contribution in [-0.4, -0.2) is 41.1 Å². The van der Waals surface area contributed by atoms with E-state index in [1.54, 1.807) is 7.11 Å². The van der Waals surface area contributed by atoms with Gasteiger partial charge in [-0.05, 0) is 47.9 Å². The number of ether oxygens (including phenoxy) is 1. The van der Waals surface area contributed by atoms with E-state index in [1.807, 2.05) is 18.5 Å². The molecule has 1 N–H and O–H groups in total. The molecule has 1 aliphatic heterocycles. The summed E-state index contributed by atoms with van der Waals surface area (Å²) in [4.78, 5) is 11.9. The van der Waals surface area contributed by atoms with Crippen LogP contribution in [0.2, 0.25) is 0 Å². The van der Waals surface area contributed by atoms with E-state index in [9.17, 15) is 0 Å². The molecular formula is C28H30N4O. The van der Waals surface area contributed by atoms with E-state index in [0.29, 0.717) is 6.04 Å². The SMILES string of the molecule is COc1cccc(CN2CCCC(NCc3cnc(-c4cccc5ccccc45)nc3)C2)c1. The first kappa shape index (κ1) is 21.6. The van der Waals surface area contributed by atoms with Crippen LogP contribution < -0.4 is 10.1 Å². The minimum atomic E-state index is 0.474. The molecule has 1 saturated heterocycles. The number of likely N-dealkylation sites (tertiary alicyclic amines) is 1. The summed E-state index contributed by atoms with van der Waals surface area (Å²) < 4.78 is 5.37. The Labute approximate surface area is 195 Å². The lowest BCUT2D eigenvalue weighted by molar-refractivity contribution is 0.182. The highest BCUT2D eigenvalue weighted by Gasteiger charge is 2.19. The van der Waals surface area contributed by atoms with E-state index >= 15 is 0 Å². The molecule has 0 bridgehead atoms. The van der Waals surface area contributed by atoms with Crippen LogP contribution in [0.4, 0.5) is 0 Å². The molecule has 0 amide bonds. The molecule has 5 heteroatoms. The Bertz CT molecular complexity index is 1200. The number of hydrogen-bond acceptors (Lipinski definition) is 5. The third kappa shape index (κ3) is 5.21. The van der Waals surface area contributed by atoms with Gasteiger partial charge in [0.15, 0.2) is 5.82 Å². The van der Waals surface area contributed by atoms with Crippen molar-refractivity contribution in [1.82, 2.24) is 20.2 Å². The Kier molecular flexibility index (Phi) is 6.61. The molecule has 0 spiro atoms. The second-order valence-electron chi connectivity index (χ2n) is 8.75. The van der Waals surface area contributed by atoms with Gasteiger partial charge >= 0.3 is 0 Å². The molecule has 1 aromatic heterocycles. The van der Waals surface area contributed by atoms with Crippen molar-refractivity contribution < 1.29 is 4.74 Å². The van der Waals surface area contributed by atoms with Crippen molar-refractivity contribution in [3.63, 3.8) is 0 Å². The maximum atomic E-state index is 5.37. The van der Waals surface area contributed by atoms with E-state index in [2.05, 4.69) is 80.8 Å². The Morgan fingerprint density at radius 1 is 0.970 bits per heavy atom. The average molecular weight is 439 g/mol. The van der Waals surface area contributed by atoms with Crippen LogP contribution in [0.5, 0.6) is 5.75 Å². The van der Waals surface area contributed by atoms with Gasteiger partial charge in [-0.1, -0.05) is 54.6 Å². The maximum absolute atomic E-state index is 5.37. The zero-order valence-electron chi connectivity index (χ0n) is 19.1. The van der Waals surface area contributed by atoms with E-state index in [0.717, 1.165) is 48.9 Å². The van der Waals surface area contributed by atoms with Gasteiger partial charge in [-0.3, -0.25) is 4.90 Å². The molecule has 168 valence electrons. The van der Waals surface area contributed by atoms with Gasteiger partial charge in [0.2, 0.25) is 0 Å². The molecule has 1 fully saturated rings. The fourth-order valence-corrected chi connectivity index (χ4v) is 4.66. The summed E-state index contributed by atoms with van der Waals surface area (Å²) >= 11 is 0. The third-order valence-corrected chi connectivity index (χ3v) is 6.38. The molecule has 1 aliphatic rings. The standard InChI is InChI=1S/C28H30N4O/c1-33-25-11-4-7-21(15-25)19-32-14-6-10-24(20-32)29-16-22-17-30-28(31-18-22)27-13-5-9-23-8-2-3-12-26(23)27/h2-5,7-9,11-13,15,17-18,24,29H,6,10,14,16,19-20H2,1H3. The van der Waals surface area contributed by atoms with Gasteiger partial charge < -0.3 is 10.1 Å². The number of hydrogen-bond donors (Lipinski definition) is 1. The van der Waals surface area contributed by atoms with E-state index in [1.165, 1.54) is 29.2 Å². The Morgan fingerprint density at radius 3 is 2.67 bits per heavy atom. The van der Waals surface area contributed by atoms with Gasteiger partial charge in [0, 0.05) is 49.2 Å². The largest absolute Gasteiger partial charge is 0.497 e. The summed E-state index contributed by atoms with van der Waals surface area (Å²) in [7, 11) is 1.72. The topological polar surface area (TPSA) is 50.3 Å². The van der Waals surface area contributed by atoms with Gasteiger partial charge in [0.1, 0.15) is 5.75 Å². The van der Waals surface area contributed by atoms with Gasteiger partial charge in [0.25, 0.3) is 0 Å². The molecule has 5 nitrogen and oxygen atoms in total. The molecule has 0 radical (unpaired) electrons. The van der Waals surface area contributed by atoms with E-state index in [-0.39, 0.29) is 0 Å². The van der Waals surface area contributed by atoms with E-state index in [4.69, 9.17) is 4.74 Å². The van der Waals surface area contributed by atoms with Gasteiger partial charge in [-0.2, -0.15) is 0 Å². The molecule has 3 aromatic carbocycles. The number of fused-ring (bicyclic) bond motifs is 1. The van der Waals surface area contributed by atoms with Gasteiger partial charge in [0.05, 0.1) is 7.11 Å². The molecule has 5 rings (SSSR count). The number of rotatable bonds is 7. The molecule has 0 saturated carbocycles. The number of nitrogens with one attached hydrogen (secondary N) is 1. The maximum Gasteiger partial charge on any atom is 0.159 e. The van der Waals surface area contributed by atoms with Crippen LogP contribution in [-0.2, 0) is 13.1 Å². The van der Waals surface area contributed by atoms with Gasteiger partial charge in [-0.15, -0.1) is 0 Å². The second kappa shape index (κ2) is 10.1. The summed E-state index contributed by atoms with van der Waals surface area (Å²) in [5.41, 5.74) is 3.49. The average Bonchev–Trinajstić information content (AvgIpc) is 2.88. The molecular weight excluding hydrogens is 408 g/mol. The van der Waals surface area contributed by atoms with Crippen LogP contribution >= 0.6 is 0 Å². The van der Waals surface area contributed by atoms with Crippen molar-refractivity contribution >= 4 is 10.8 Å². The lowest BCUT2D eigenvalue weighted by Crippen LogP contribution is -2.45. The van der Waals surface area contributed by atoms with Crippen LogP contribution in [0.25, 0.3) is 22.2 Å². The highest BCUT2D eigenvalue weighted by atomic mass is 16.5. The van der Waals surface area contributed by atoms with E-state index < -0.39 is 0 Å². The molecule has 2 heterocycles. The van der Waals surface area contributed by atoms with Crippen molar-refractivity contribution in [3.05, 3.63) is 90.3 Å². The number of benzene rings is 3. The zero-order chi connectivity index (χ0) is 22.5. The van der Waals surface area contributed by atoms with Crippen LogP contribution in [0.3, 0.4) is 0 Å². The quantitative estimate of drug-likeness (QED) is 0.437. The first-order valence-electron chi connectivity index (χ1n) is 11.7. The first-order chi connectivity index (χ1) is 16.3. The second-order valence-corrected chi connectivity index (χ2v) is 8.75. The summed E-state index contributed by atoms with van der Waals surface area (Å²) in [6.07, 6.45) is 6.31. The van der Waals surface area contributed by atoms with Crippen molar-refractivity contribution in [2.45, 2.75) is 32.0 Å². The minimum absolute atomic E-state index is 0.474. The summed E-state index contributed by atoms with van der Waals surface area (Å²) in [6, 6.07) is 23.5. The zero-order valence-corrected chi connectivity index (χ0v) is 19.1. The highest BCUT2D eigenvalue weighted by molar-refractivity contribution is 5.94. The lowest BCUT2D eigenvalue weighted by Gasteiger charge is -2.33. The monoisotopic (exact) mass is 438 g/mol. The Hall–Kier alpha value is -3.28. The normalized spacial score (nSPS) is 16.7. The van der Waals surface area contributed by atoms with Crippen molar-refractivity contribution in [2.75, 3.05) is 20.2 Å². The molecule has 4 aromatic rings. The Morgan fingerprint density at radius 2 is 1.79 bits per heavy atom. The Balaban J connectivity index is 1.19. The van der Waals surface area contributed by atoms with Gasteiger partial charge in [-0.25, -0.2) is 9.97 Å². The number of piperidine rings is 1. The summed E-state index contributed by atoms with van der Waals surface area (Å²) in [5.74, 6) is 1.70. The number of methoxy groups -OCH3 is 1. The third-order valence-electron chi connectivity index (χ3n) is 6.38. The fourth-order valence-electron chi connectivity index (χ4n) is 4.66. The van der Waals surface area contributed by atoms with Crippen molar-refractivity contribution in [1.29, 1.82) is 0 Å². The molecule has 1 atom stereocenters. The minimum Gasteiger partial charge on any atom is -0.497 e. The van der Waals surface area contributed by atoms with Crippen LogP contribution in [0.1, 0.15) is 24.0 Å². The number of nitrogens with zero attached hydrogens (tertiary/aromatic N) is 3. The summed E-state index contributed by atoms with van der Waals surface area (Å²) in [6.45, 7) is 3.93. The smallest absolute Gasteiger partial charge is 0.159 e. The first-order valence-corrected chi connectivity index (χ1v) is 11.7. The highest BCUT2D eigenvalue weighted by Crippen LogP contribution is 2.26.